The first-order chi connectivity index (χ1) is 7.15. The van der Waals surface area contributed by atoms with Crippen LogP contribution in [0.15, 0.2) is 0 Å². The van der Waals surface area contributed by atoms with Gasteiger partial charge >= 0.3 is 11.9 Å². The molecule has 86 valence electrons. The van der Waals surface area contributed by atoms with E-state index in [0.717, 1.165) is 12.8 Å². The lowest BCUT2D eigenvalue weighted by Gasteiger charge is -2.12. The van der Waals surface area contributed by atoms with E-state index in [9.17, 15) is 9.59 Å². The molecule has 0 N–H and O–H groups in total. The molecule has 0 aromatic carbocycles. The number of carbonyl (C=O) groups is 2. The topological polar surface area (TPSA) is 52.6 Å². The summed E-state index contributed by atoms with van der Waals surface area (Å²) in [6.45, 7) is 3.54. The molecule has 1 aliphatic rings. The van der Waals surface area contributed by atoms with E-state index in [4.69, 9.17) is 9.47 Å². The van der Waals surface area contributed by atoms with Gasteiger partial charge < -0.3 is 9.47 Å². The summed E-state index contributed by atoms with van der Waals surface area (Å²) in [5.74, 6) is -0.357. The minimum Gasteiger partial charge on any atom is -0.462 e. The molecule has 0 heterocycles. The van der Waals surface area contributed by atoms with Gasteiger partial charge in [-0.1, -0.05) is 13.8 Å². The van der Waals surface area contributed by atoms with Crippen LogP contribution in [0.25, 0.3) is 0 Å². The molecular weight excluding hydrogens is 196 g/mol. The molecule has 4 nitrogen and oxygen atoms in total. The molecule has 0 spiro atoms. The molecule has 1 fully saturated rings. The van der Waals surface area contributed by atoms with Gasteiger partial charge in [0, 0.05) is 19.3 Å². The second kappa shape index (κ2) is 5.73. The molecule has 0 radical (unpaired) electrons. The van der Waals surface area contributed by atoms with Crippen LogP contribution in [0.3, 0.4) is 0 Å². The van der Waals surface area contributed by atoms with Crippen LogP contribution >= 0.6 is 0 Å². The van der Waals surface area contributed by atoms with Crippen molar-refractivity contribution in [3.63, 3.8) is 0 Å². The van der Waals surface area contributed by atoms with E-state index in [2.05, 4.69) is 0 Å². The Hall–Kier alpha value is -1.06. The van der Waals surface area contributed by atoms with Crippen LogP contribution < -0.4 is 0 Å². The zero-order valence-electron chi connectivity index (χ0n) is 9.32. The monoisotopic (exact) mass is 214 g/mol. The molecule has 0 bridgehead atoms. The first-order valence-corrected chi connectivity index (χ1v) is 5.54. The predicted octanol–water partition coefficient (Wildman–Crippen LogP) is 1.81. The summed E-state index contributed by atoms with van der Waals surface area (Å²) in [5.41, 5.74) is 0. The quantitative estimate of drug-likeness (QED) is 0.670. The minimum atomic E-state index is -0.178. The average molecular weight is 214 g/mol. The van der Waals surface area contributed by atoms with Crippen LogP contribution in [-0.4, -0.2) is 24.1 Å². The first kappa shape index (κ1) is 12.0. The fraction of sp³-hybridized carbons (Fsp3) is 0.818. The van der Waals surface area contributed by atoms with Crippen molar-refractivity contribution in [2.45, 2.75) is 58.2 Å². The maximum Gasteiger partial charge on any atom is 0.305 e. The molecule has 0 aromatic rings. The van der Waals surface area contributed by atoms with E-state index >= 15 is 0 Å². The number of rotatable bonds is 4. The third-order valence-electron chi connectivity index (χ3n) is 2.51. The summed E-state index contributed by atoms with van der Waals surface area (Å²) in [5, 5.41) is 0. The zero-order chi connectivity index (χ0) is 11.3. The van der Waals surface area contributed by atoms with Crippen LogP contribution in [-0.2, 0) is 19.1 Å². The van der Waals surface area contributed by atoms with Gasteiger partial charge in [0.05, 0.1) is 0 Å². The van der Waals surface area contributed by atoms with Crippen molar-refractivity contribution in [2.24, 2.45) is 0 Å². The number of ether oxygens (including phenoxy) is 2. The Labute approximate surface area is 89.9 Å². The summed E-state index contributed by atoms with van der Waals surface area (Å²) < 4.78 is 10.4. The average Bonchev–Trinajstić information content (AvgIpc) is 2.65. The molecule has 1 aliphatic carbocycles. The van der Waals surface area contributed by atoms with Gasteiger partial charge in [-0.25, -0.2) is 0 Å². The molecule has 0 aliphatic heterocycles. The van der Waals surface area contributed by atoms with Gasteiger partial charge in [0.25, 0.3) is 0 Å². The van der Waals surface area contributed by atoms with Gasteiger partial charge in [-0.2, -0.15) is 0 Å². The van der Waals surface area contributed by atoms with E-state index in [0.29, 0.717) is 19.3 Å². The Morgan fingerprint density at radius 2 is 1.40 bits per heavy atom. The summed E-state index contributed by atoms with van der Waals surface area (Å²) in [6.07, 6.45) is 2.92. The Kier molecular flexibility index (Phi) is 4.59. The fourth-order valence-corrected chi connectivity index (χ4v) is 1.65. The molecule has 15 heavy (non-hydrogen) atoms. The number of hydrogen-bond acceptors (Lipinski definition) is 4. The van der Waals surface area contributed by atoms with Gasteiger partial charge in [0.1, 0.15) is 12.2 Å². The van der Waals surface area contributed by atoms with Crippen molar-refractivity contribution in [1.29, 1.82) is 0 Å². The van der Waals surface area contributed by atoms with Gasteiger partial charge in [0.2, 0.25) is 0 Å². The Balaban J connectivity index is 2.26. The summed E-state index contributed by atoms with van der Waals surface area (Å²) in [7, 11) is 0. The Bertz CT molecular complexity index is 213. The third kappa shape index (κ3) is 3.90. The third-order valence-corrected chi connectivity index (χ3v) is 2.51. The highest BCUT2D eigenvalue weighted by Crippen LogP contribution is 2.25. The van der Waals surface area contributed by atoms with Crippen LogP contribution in [0, 0.1) is 0 Å². The Morgan fingerprint density at radius 1 is 1.00 bits per heavy atom. The van der Waals surface area contributed by atoms with Crippen molar-refractivity contribution in [2.75, 3.05) is 0 Å². The summed E-state index contributed by atoms with van der Waals surface area (Å²) >= 11 is 0. The minimum absolute atomic E-state index is 0.0629. The van der Waals surface area contributed by atoms with Crippen LogP contribution in [0.5, 0.6) is 0 Å². The molecule has 2 atom stereocenters. The first-order valence-electron chi connectivity index (χ1n) is 5.54. The largest absolute Gasteiger partial charge is 0.462 e. The van der Waals surface area contributed by atoms with Crippen LogP contribution in [0.1, 0.15) is 46.0 Å². The van der Waals surface area contributed by atoms with Crippen LogP contribution in [0.2, 0.25) is 0 Å². The smallest absolute Gasteiger partial charge is 0.305 e. The standard InChI is InChI=1S/C11H18O4/c1-3-10(12)14-8-5-6-9(7-8)15-11(13)4-2/h8-9H,3-7H2,1-2H3/t8-,9-/m1/s1. The normalized spacial score (nSPS) is 24.9. The van der Waals surface area contributed by atoms with Gasteiger partial charge in [-0.05, 0) is 12.8 Å². The van der Waals surface area contributed by atoms with E-state index in [1.54, 1.807) is 13.8 Å². The van der Waals surface area contributed by atoms with Gasteiger partial charge in [0.15, 0.2) is 0 Å². The van der Waals surface area contributed by atoms with Crippen molar-refractivity contribution >= 4 is 11.9 Å². The number of esters is 2. The molecule has 0 saturated heterocycles. The summed E-state index contributed by atoms with van der Waals surface area (Å²) in [6, 6.07) is 0. The predicted molar refractivity (Wildman–Crippen MR) is 54.2 cm³/mol. The molecule has 4 heteroatoms. The van der Waals surface area contributed by atoms with E-state index < -0.39 is 0 Å². The maximum atomic E-state index is 11.0. The second-order valence-corrected chi connectivity index (χ2v) is 3.74. The highest BCUT2D eigenvalue weighted by atomic mass is 16.6. The highest BCUT2D eigenvalue weighted by Gasteiger charge is 2.29. The zero-order valence-corrected chi connectivity index (χ0v) is 9.32. The van der Waals surface area contributed by atoms with E-state index in [1.807, 2.05) is 0 Å². The summed E-state index contributed by atoms with van der Waals surface area (Å²) in [4.78, 5) is 22.0. The van der Waals surface area contributed by atoms with Crippen LogP contribution in [0.4, 0.5) is 0 Å². The highest BCUT2D eigenvalue weighted by molar-refractivity contribution is 5.69. The van der Waals surface area contributed by atoms with Crippen molar-refractivity contribution < 1.29 is 19.1 Å². The molecule has 1 rings (SSSR count). The number of carbonyl (C=O) groups excluding carboxylic acids is 2. The lowest BCUT2D eigenvalue weighted by Crippen LogP contribution is -2.18. The molecule has 0 amide bonds. The molecule has 1 saturated carbocycles. The lowest BCUT2D eigenvalue weighted by atomic mass is 10.3. The van der Waals surface area contributed by atoms with E-state index in [1.165, 1.54) is 0 Å². The molecule has 0 aromatic heterocycles. The maximum absolute atomic E-state index is 11.0. The SMILES string of the molecule is CCC(=O)O[C@@H]1CC[C@@H](OC(=O)CC)C1. The van der Waals surface area contributed by atoms with Gasteiger partial charge in [-0.15, -0.1) is 0 Å². The molecule has 0 unspecified atom stereocenters. The van der Waals surface area contributed by atoms with Crippen molar-refractivity contribution in [3.05, 3.63) is 0 Å². The van der Waals surface area contributed by atoms with Gasteiger partial charge in [-0.3, -0.25) is 9.59 Å². The second-order valence-electron chi connectivity index (χ2n) is 3.74. The Morgan fingerprint density at radius 3 is 1.73 bits per heavy atom. The lowest BCUT2D eigenvalue weighted by molar-refractivity contribution is -0.150. The van der Waals surface area contributed by atoms with Crippen molar-refractivity contribution in [1.82, 2.24) is 0 Å². The fourth-order valence-electron chi connectivity index (χ4n) is 1.65. The van der Waals surface area contributed by atoms with Crippen molar-refractivity contribution in [3.8, 4) is 0 Å². The number of hydrogen-bond donors (Lipinski definition) is 0. The molecular formula is C11H18O4. The van der Waals surface area contributed by atoms with E-state index in [-0.39, 0.29) is 24.1 Å².